The normalized spacial score (nSPS) is 10.7. The molecule has 4 rings (SSSR count). The first-order valence-corrected chi connectivity index (χ1v) is 9.63. The molecule has 9 nitrogen and oxygen atoms in total. The first-order chi connectivity index (χ1) is 15.6. The van der Waals surface area contributed by atoms with E-state index < -0.39 is 17.7 Å². The highest BCUT2D eigenvalue weighted by Crippen LogP contribution is 2.19. The van der Waals surface area contributed by atoms with Crippen molar-refractivity contribution < 1.29 is 23.5 Å². The number of nitrogens with one attached hydrogen (secondary N) is 1. The van der Waals surface area contributed by atoms with Gasteiger partial charge in [-0.1, -0.05) is 24.3 Å². The number of hydrogen-bond donors (Lipinski definition) is 1. The molecule has 2 heterocycles. The molecule has 0 spiro atoms. The van der Waals surface area contributed by atoms with Crippen LogP contribution in [0.1, 0.15) is 20.7 Å². The standard InChI is InChI=1S/C22H18FN5O4/c1-31-22(30)17-8-3-2-7-16(17)21(29)24-11-12-32-19-10-9-18-25-26-20(28(18)27-19)14-5-4-6-15(23)13-14/h2-10,13H,11-12H2,1H3,(H,24,29). The minimum atomic E-state index is -0.590. The second-order valence-electron chi connectivity index (χ2n) is 6.62. The molecule has 0 aliphatic carbocycles. The van der Waals surface area contributed by atoms with Gasteiger partial charge in [0.1, 0.15) is 12.4 Å². The third-order valence-electron chi connectivity index (χ3n) is 4.54. The van der Waals surface area contributed by atoms with Crippen LogP contribution in [0, 0.1) is 5.82 Å². The van der Waals surface area contributed by atoms with Crippen molar-refractivity contribution in [3.8, 4) is 17.3 Å². The van der Waals surface area contributed by atoms with Crippen molar-refractivity contribution in [2.45, 2.75) is 0 Å². The molecule has 162 valence electrons. The van der Waals surface area contributed by atoms with E-state index in [4.69, 9.17) is 9.47 Å². The third-order valence-corrected chi connectivity index (χ3v) is 4.54. The van der Waals surface area contributed by atoms with E-state index in [0.29, 0.717) is 17.0 Å². The highest BCUT2D eigenvalue weighted by atomic mass is 19.1. The van der Waals surface area contributed by atoms with Crippen LogP contribution in [0.2, 0.25) is 0 Å². The maximum atomic E-state index is 13.6. The lowest BCUT2D eigenvalue weighted by atomic mass is 10.1. The number of amides is 1. The molecule has 0 atom stereocenters. The molecule has 32 heavy (non-hydrogen) atoms. The lowest BCUT2D eigenvalue weighted by molar-refractivity contribution is 0.0596. The maximum Gasteiger partial charge on any atom is 0.338 e. The molecule has 0 fully saturated rings. The highest BCUT2D eigenvalue weighted by Gasteiger charge is 2.16. The number of benzene rings is 2. The number of halogens is 1. The molecule has 1 N–H and O–H groups in total. The van der Waals surface area contributed by atoms with Gasteiger partial charge in [-0.05, 0) is 30.3 Å². The zero-order valence-electron chi connectivity index (χ0n) is 17.0. The summed E-state index contributed by atoms with van der Waals surface area (Å²) in [5.74, 6) is -0.759. The molecular weight excluding hydrogens is 417 g/mol. The fourth-order valence-electron chi connectivity index (χ4n) is 3.04. The van der Waals surface area contributed by atoms with Crippen molar-refractivity contribution in [3.63, 3.8) is 0 Å². The summed E-state index contributed by atoms with van der Waals surface area (Å²) in [7, 11) is 1.25. The smallest absolute Gasteiger partial charge is 0.338 e. The molecule has 4 aromatic rings. The number of carbonyl (C=O) groups excluding carboxylic acids is 2. The Bertz CT molecular complexity index is 1290. The van der Waals surface area contributed by atoms with E-state index in [1.807, 2.05) is 0 Å². The largest absolute Gasteiger partial charge is 0.475 e. The molecule has 0 bridgehead atoms. The van der Waals surface area contributed by atoms with E-state index in [1.165, 1.54) is 35.9 Å². The van der Waals surface area contributed by atoms with Crippen LogP contribution in [-0.2, 0) is 4.74 Å². The molecule has 10 heteroatoms. The van der Waals surface area contributed by atoms with E-state index in [9.17, 15) is 14.0 Å². The van der Waals surface area contributed by atoms with Gasteiger partial charge in [-0.15, -0.1) is 15.3 Å². The van der Waals surface area contributed by atoms with E-state index in [-0.39, 0.29) is 30.2 Å². The Labute approximate surface area is 181 Å². The average molecular weight is 435 g/mol. The second-order valence-corrected chi connectivity index (χ2v) is 6.62. The summed E-state index contributed by atoms with van der Waals surface area (Å²) in [6, 6.07) is 15.6. The highest BCUT2D eigenvalue weighted by molar-refractivity contribution is 6.05. The van der Waals surface area contributed by atoms with E-state index >= 15 is 0 Å². The summed E-state index contributed by atoms with van der Waals surface area (Å²) >= 11 is 0. The van der Waals surface area contributed by atoms with Crippen LogP contribution < -0.4 is 10.1 Å². The van der Waals surface area contributed by atoms with Gasteiger partial charge in [0.2, 0.25) is 5.88 Å². The van der Waals surface area contributed by atoms with Gasteiger partial charge in [0, 0.05) is 11.6 Å². The molecule has 1 amide bonds. The van der Waals surface area contributed by atoms with Crippen LogP contribution in [0.3, 0.4) is 0 Å². The van der Waals surface area contributed by atoms with Gasteiger partial charge in [-0.2, -0.15) is 4.52 Å². The number of hydrogen-bond acceptors (Lipinski definition) is 7. The SMILES string of the molecule is COC(=O)c1ccccc1C(=O)NCCOc1ccc2nnc(-c3cccc(F)c3)n2n1. The van der Waals surface area contributed by atoms with E-state index in [1.54, 1.807) is 36.4 Å². The molecule has 0 aliphatic heterocycles. The predicted molar refractivity (Wildman–Crippen MR) is 112 cm³/mol. The number of methoxy groups -OCH3 is 1. The fraction of sp³-hybridized carbons (Fsp3) is 0.136. The Morgan fingerprint density at radius 2 is 1.84 bits per heavy atom. The van der Waals surface area contributed by atoms with Crippen molar-refractivity contribution in [2.75, 3.05) is 20.3 Å². The first kappa shape index (κ1) is 20.9. The van der Waals surface area contributed by atoms with Gasteiger partial charge in [-0.25, -0.2) is 9.18 Å². The summed E-state index contributed by atoms with van der Waals surface area (Å²) in [5.41, 5.74) is 1.39. The van der Waals surface area contributed by atoms with Gasteiger partial charge in [0.05, 0.1) is 24.8 Å². The Hall–Kier alpha value is -4.34. The number of carbonyl (C=O) groups is 2. The number of esters is 1. The summed E-state index contributed by atoms with van der Waals surface area (Å²) in [6.45, 7) is 0.301. The molecule has 0 saturated carbocycles. The maximum absolute atomic E-state index is 13.6. The Morgan fingerprint density at radius 3 is 2.62 bits per heavy atom. The summed E-state index contributed by atoms with van der Waals surface area (Å²) in [6.07, 6.45) is 0. The van der Waals surface area contributed by atoms with Crippen molar-refractivity contribution in [1.82, 2.24) is 25.1 Å². The Kier molecular flexibility index (Phi) is 6.02. The van der Waals surface area contributed by atoms with Gasteiger partial charge in [0.15, 0.2) is 11.5 Å². The summed E-state index contributed by atoms with van der Waals surface area (Å²) in [5, 5.41) is 15.1. The predicted octanol–water partition coefficient (Wildman–Crippen LogP) is 2.53. The zero-order valence-corrected chi connectivity index (χ0v) is 17.0. The molecule has 0 unspecified atom stereocenters. The summed E-state index contributed by atoms with van der Waals surface area (Å²) < 4.78 is 25.3. The van der Waals surface area contributed by atoms with Gasteiger partial charge < -0.3 is 14.8 Å². The van der Waals surface area contributed by atoms with E-state index in [2.05, 4.69) is 20.6 Å². The quantitative estimate of drug-likeness (QED) is 0.351. The lowest BCUT2D eigenvalue weighted by Gasteiger charge is -2.10. The zero-order chi connectivity index (χ0) is 22.5. The van der Waals surface area contributed by atoms with Crippen molar-refractivity contribution >= 4 is 17.5 Å². The molecule has 0 radical (unpaired) electrons. The van der Waals surface area contributed by atoms with Crippen LogP contribution in [-0.4, -0.2) is 51.9 Å². The number of aromatic nitrogens is 4. The number of nitrogens with zero attached hydrogens (tertiary/aromatic N) is 4. The number of ether oxygens (including phenoxy) is 2. The Morgan fingerprint density at radius 1 is 1.03 bits per heavy atom. The molecule has 0 aliphatic rings. The topological polar surface area (TPSA) is 108 Å². The average Bonchev–Trinajstić information content (AvgIpc) is 3.24. The number of fused-ring (bicyclic) bond motifs is 1. The van der Waals surface area contributed by atoms with Gasteiger partial charge in [-0.3, -0.25) is 4.79 Å². The van der Waals surface area contributed by atoms with Crippen molar-refractivity contribution in [1.29, 1.82) is 0 Å². The lowest BCUT2D eigenvalue weighted by Crippen LogP contribution is -2.29. The van der Waals surface area contributed by atoms with Gasteiger partial charge >= 0.3 is 5.97 Å². The molecule has 0 saturated heterocycles. The third kappa shape index (κ3) is 4.38. The van der Waals surface area contributed by atoms with Crippen molar-refractivity contribution in [3.05, 3.63) is 77.6 Å². The molecular formula is C22H18FN5O4. The summed E-state index contributed by atoms with van der Waals surface area (Å²) in [4.78, 5) is 24.2. The minimum absolute atomic E-state index is 0.127. The van der Waals surface area contributed by atoms with Crippen LogP contribution in [0.15, 0.2) is 60.7 Å². The van der Waals surface area contributed by atoms with Crippen LogP contribution in [0.5, 0.6) is 5.88 Å². The van der Waals surface area contributed by atoms with Crippen LogP contribution in [0.4, 0.5) is 4.39 Å². The van der Waals surface area contributed by atoms with Crippen LogP contribution in [0.25, 0.3) is 17.0 Å². The number of rotatable bonds is 7. The first-order valence-electron chi connectivity index (χ1n) is 9.63. The second kappa shape index (κ2) is 9.21. The molecule has 2 aromatic heterocycles. The monoisotopic (exact) mass is 435 g/mol. The minimum Gasteiger partial charge on any atom is -0.475 e. The van der Waals surface area contributed by atoms with Gasteiger partial charge in [0.25, 0.3) is 5.91 Å². The van der Waals surface area contributed by atoms with E-state index in [0.717, 1.165) is 0 Å². The van der Waals surface area contributed by atoms with Crippen LogP contribution >= 0.6 is 0 Å². The Balaban J connectivity index is 1.41. The van der Waals surface area contributed by atoms with Crippen molar-refractivity contribution in [2.24, 2.45) is 0 Å². The molecule has 2 aromatic carbocycles. The fourth-order valence-corrected chi connectivity index (χ4v) is 3.04.